The highest BCUT2D eigenvalue weighted by Gasteiger charge is 2.18. The van der Waals surface area contributed by atoms with Crippen LogP contribution >= 0.6 is 11.6 Å². The molecule has 1 atom stereocenters. The number of carbonyl (C=O) groups is 2. The lowest BCUT2D eigenvalue weighted by atomic mass is 10.2. The number of methoxy groups -OCH3 is 1. The van der Waals surface area contributed by atoms with Gasteiger partial charge in [0.2, 0.25) is 0 Å². The number of benzene rings is 1. The van der Waals surface area contributed by atoms with Crippen LogP contribution in [0.3, 0.4) is 0 Å². The zero-order valence-electron chi connectivity index (χ0n) is 9.51. The van der Waals surface area contributed by atoms with Gasteiger partial charge in [0.15, 0.2) is 6.10 Å². The van der Waals surface area contributed by atoms with Crippen molar-refractivity contribution in [3.05, 3.63) is 28.8 Å². The summed E-state index contributed by atoms with van der Waals surface area (Å²) in [6.07, 6.45) is -1.14. The summed E-state index contributed by atoms with van der Waals surface area (Å²) < 4.78 is 4.65. The number of hydrogen-bond donors (Lipinski definition) is 3. The SMILES string of the molecule is COC(CNC(=O)c1ccc(Cl)cc1O)C(=O)O. The van der Waals surface area contributed by atoms with E-state index in [2.05, 4.69) is 10.1 Å². The molecule has 1 amide bonds. The van der Waals surface area contributed by atoms with Crippen LogP contribution in [0.15, 0.2) is 18.2 Å². The van der Waals surface area contributed by atoms with Gasteiger partial charge in [-0.15, -0.1) is 0 Å². The Morgan fingerprint density at radius 3 is 2.67 bits per heavy atom. The number of aromatic hydroxyl groups is 1. The summed E-state index contributed by atoms with van der Waals surface area (Å²) in [5.74, 6) is -2.06. The van der Waals surface area contributed by atoms with Gasteiger partial charge in [0.1, 0.15) is 5.75 Å². The molecule has 0 heterocycles. The molecule has 7 heteroatoms. The molecule has 0 aliphatic carbocycles. The zero-order chi connectivity index (χ0) is 13.7. The second-order valence-electron chi connectivity index (χ2n) is 3.43. The number of aliphatic carboxylic acids is 1. The largest absolute Gasteiger partial charge is 0.507 e. The Hall–Kier alpha value is -1.79. The predicted molar refractivity (Wildman–Crippen MR) is 63.9 cm³/mol. The Kier molecular flexibility index (Phi) is 4.94. The van der Waals surface area contributed by atoms with Gasteiger partial charge in [0.05, 0.1) is 12.1 Å². The summed E-state index contributed by atoms with van der Waals surface area (Å²) in [7, 11) is 1.23. The van der Waals surface area contributed by atoms with Crippen LogP contribution in [0.5, 0.6) is 5.75 Å². The van der Waals surface area contributed by atoms with Gasteiger partial charge in [-0.05, 0) is 18.2 Å². The molecule has 0 spiro atoms. The predicted octanol–water partition coefficient (Wildman–Crippen LogP) is 0.875. The number of phenolic OH excluding ortho intramolecular Hbond substituents is 1. The Balaban J connectivity index is 2.68. The number of ether oxygens (including phenoxy) is 1. The molecule has 6 nitrogen and oxygen atoms in total. The minimum atomic E-state index is -1.18. The number of phenols is 1. The van der Waals surface area contributed by atoms with Crippen molar-refractivity contribution in [3.63, 3.8) is 0 Å². The number of hydrogen-bond acceptors (Lipinski definition) is 4. The molecule has 0 saturated carbocycles. The van der Waals surface area contributed by atoms with Crippen LogP contribution in [-0.2, 0) is 9.53 Å². The smallest absolute Gasteiger partial charge is 0.334 e. The molecule has 0 aromatic heterocycles. The normalized spacial score (nSPS) is 11.9. The summed E-state index contributed by atoms with van der Waals surface area (Å²) in [5.41, 5.74) is 0.0136. The van der Waals surface area contributed by atoms with Crippen LogP contribution in [-0.4, -0.2) is 41.8 Å². The number of carboxylic acid groups (broad SMARTS) is 1. The van der Waals surface area contributed by atoms with Gasteiger partial charge in [-0.2, -0.15) is 0 Å². The Bertz CT molecular complexity index is 463. The van der Waals surface area contributed by atoms with E-state index in [1.165, 1.54) is 25.3 Å². The molecule has 18 heavy (non-hydrogen) atoms. The van der Waals surface area contributed by atoms with E-state index in [9.17, 15) is 14.7 Å². The van der Waals surface area contributed by atoms with Crippen molar-refractivity contribution in [2.45, 2.75) is 6.10 Å². The highest BCUT2D eigenvalue weighted by Crippen LogP contribution is 2.21. The van der Waals surface area contributed by atoms with Gasteiger partial charge in [0.25, 0.3) is 5.91 Å². The molecule has 0 aliphatic heterocycles. The quantitative estimate of drug-likeness (QED) is 0.740. The maximum atomic E-state index is 11.7. The number of carbonyl (C=O) groups excluding carboxylic acids is 1. The third-order valence-electron chi connectivity index (χ3n) is 2.21. The van der Waals surface area contributed by atoms with Crippen molar-refractivity contribution in [1.82, 2.24) is 5.32 Å². The van der Waals surface area contributed by atoms with Crippen LogP contribution in [0.1, 0.15) is 10.4 Å². The Morgan fingerprint density at radius 1 is 1.50 bits per heavy atom. The summed E-state index contributed by atoms with van der Waals surface area (Å²) in [5, 5.41) is 20.8. The lowest BCUT2D eigenvalue weighted by Crippen LogP contribution is -2.37. The molecule has 1 aromatic carbocycles. The first-order valence-electron chi connectivity index (χ1n) is 4.98. The highest BCUT2D eigenvalue weighted by molar-refractivity contribution is 6.30. The van der Waals surface area contributed by atoms with E-state index in [-0.39, 0.29) is 17.9 Å². The average molecular weight is 274 g/mol. The highest BCUT2D eigenvalue weighted by atomic mass is 35.5. The van der Waals surface area contributed by atoms with E-state index in [1.54, 1.807) is 0 Å². The van der Waals surface area contributed by atoms with Crippen molar-refractivity contribution < 1.29 is 24.5 Å². The van der Waals surface area contributed by atoms with Crippen molar-refractivity contribution in [2.24, 2.45) is 0 Å². The molecule has 0 aliphatic rings. The number of amides is 1. The Labute approximate surface area is 108 Å². The van der Waals surface area contributed by atoms with Crippen LogP contribution in [0.25, 0.3) is 0 Å². The first-order valence-corrected chi connectivity index (χ1v) is 5.35. The molecule has 0 bridgehead atoms. The van der Waals surface area contributed by atoms with Gasteiger partial charge in [0, 0.05) is 12.1 Å². The fourth-order valence-corrected chi connectivity index (χ4v) is 1.42. The number of carboxylic acids is 1. The van der Waals surface area contributed by atoms with Crippen LogP contribution in [0.4, 0.5) is 0 Å². The zero-order valence-corrected chi connectivity index (χ0v) is 10.3. The molecule has 0 fully saturated rings. The van der Waals surface area contributed by atoms with Gasteiger partial charge in [-0.3, -0.25) is 4.79 Å². The molecular weight excluding hydrogens is 262 g/mol. The van der Waals surface area contributed by atoms with E-state index >= 15 is 0 Å². The fourth-order valence-electron chi connectivity index (χ4n) is 1.25. The molecular formula is C11H12ClNO5. The monoisotopic (exact) mass is 273 g/mol. The maximum absolute atomic E-state index is 11.7. The van der Waals surface area contributed by atoms with Crippen molar-refractivity contribution in [2.75, 3.05) is 13.7 Å². The standard InChI is InChI=1S/C11H12ClNO5/c1-18-9(11(16)17)5-13-10(15)7-3-2-6(12)4-8(7)14/h2-4,9,14H,5H2,1H3,(H,13,15)(H,16,17). The molecule has 0 saturated heterocycles. The summed E-state index contributed by atoms with van der Waals surface area (Å²) in [4.78, 5) is 22.3. The Morgan fingerprint density at radius 2 is 2.17 bits per heavy atom. The fraction of sp³-hybridized carbons (Fsp3) is 0.273. The van der Waals surface area contributed by atoms with Crippen LogP contribution in [0.2, 0.25) is 5.02 Å². The lowest BCUT2D eigenvalue weighted by Gasteiger charge is -2.12. The maximum Gasteiger partial charge on any atom is 0.334 e. The van der Waals surface area contributed by atoms with Crippen molar-refractivity contribution >= 4 is 23.5 Å². The second kappa shape index (κ2) is 6.23. The first kappa shape index (κ1) is 14.3. The van der Waals surface area contributed by atoms with Crippen molar-refractivity contribution in [3.8, 4) is 5.75 Å². The van der Waals surface area contributed by atoms with Gasteiger partial charge >= 0.3 is 5.97 Å². The number of rotatable bonds is 5. The van der Waals surface area contributed by atoms with Gasteiger partial charge in [-0.1, -0.05) is 11.6 Å². The van der Waals surface area contributed by atoms with E-state index in [4.69, 9.17) is 16.7 Å². The molecule has 3 N–H and O–H groups in total. The van der Waals surface area contributed by atoms with Gasteiger partial charge in [-0.25, -0.2) is 4.79 Å². The topological polar surface area (TPSA) is 95.9 Å². The van der Waals surface area contributed by atoms with Crippen LogP contribution in [0, 0.1) is 0 Å². The van der Waals surface area contributed by atoms with E-state index < -0.39 is 18.0 Å². The number of halogens is 1. The van der Waals surface area contributed by atoms with Crippen molar-refractivity contribution in [1.29, 1.82) is 0 Å². The molecule has 1 unspecified atom stereocenters. The summed E-state index contributed by atoms with van der Waals surface area (Å²) in [6.45, 7) is -0.202. The van der Waals surface area contributed by atoms with E-state index in [0.29, 0.717) is 5.02 Å². The minimum absolute atomic E-state index is 0.0136. The van der Waals surface area contributed by atoms with E-state index in [0.717, 1.165) is 0 Å². The minimum Gasteiger partial charge on any atom is -0.507 e. The van der Waals surface area contributed by atoms with E-state index in [1.807, 2.05) is 0 Å². The lowest BCUT2D eigenvalue weighted by molar-refractivity contribution is -0.147. The van der Waals surface area contributed by atoms with Crippen LogP contribution < -0.4 is 5.32 Å². The molecule has 1 aromatic rings. The second-order valence-corrected chi connectivity index (χ2v) is 3.87. The number of nitrogens with one attached hydrogen (secondary N) is 1. The average Bonchev–Trinajstić information content (AvgIpc) is 2.28. The van der Waals surface area contributed by atoms with Gasteiger partial charge < -0.3 is 20.3 Å². The third-order valence-corrected chi connectivity index (χ3v) is 2.45. The third kappa shape index (κ3) is 3.61. The molecule has 1 rings (SSSR count). The summed E-state index contributed by atoms with van der Waals surface area (Å²) >= 11 is 5.62. The summed E-state index contributed by atoms with van der Waals surface area (Å²) in [6, 6.07) is 4.01. The molecule has 98 valence electrons. The molecule has 0 radical (unpaired) electrons. The first-order chi connectivity index (χ1) is 8.45.